The maximum absolute atomic E-state index is 12.9. The average Bonchev–Trinajstić information content (AvgIpc) is 3.06. The Hall–Kier alpha value is -3.26. The van der Waals surface area contributed by atoms with E-state index in [2.05, 4.69) is 0 Å². The summed E-state index contributed by atoms with van der Waals surface area (Å²) in [5, 5.41) is 11.2. The summed E-state index contributed by atoms with van der Waals surface area (Å²) >= 11 is 0. The summed E-state index contributed by atoms with van der Waals surface area (Å²) in [5.41, 5.74) is 0.883. The molecule has 132 valence electrons. The van der Waals surface area contributed by atoms with Gasteiger partial charge in [0.05, 0.1) is 15.4 Å². The molecule has 1 aromatic heterocycles. The zero-order valence-electron chi connectivity index (χ0n) is 13.7. The van der Waals surface area contributed by atoms with Crippen LogP contribution in [0.15, 0.2) is 65.7 Å². The van der Waals surface area contributed by atoms with Gasteiger partial charge in [0.2, 0.25) is 0 Å². The molecule has 26 heavy (non-hydrogen) atoms. The number of aldehydes is 1. The highest BCUT2D eigenvalue weighted by Crippen LogP contribution is 2.33. The van der Waals surface area contributed by atoms with E-state index >= 15 is 0 Å². The molecule has 0 fully saturated rings. The summed E-state index contributed by atoms with van der Waals surface area (Å²) in [6.45, 7) is 1.83. The van der Waals surface area contributed by atoms with Crippen molar-refractivity contribution in [2.75, 3.05) is 0 Å². The van der Waals surface area contributed by atoms with Gasteiger partial charge < -0.3 is 0 Å². The van der Waals surface area contributed by atoms with Crippen molar-refractivity contribution in [2.24, 2.45) is 0 Å². The third-order valence-corrected chi connectivity index (χ3v) is 5.67. The number of para-hydroxylation sites is 1. The Morgan fingerprint density at radius 1 is 1.00 bits per heavy atom. The molecule has 0 saturated carbocycles. The van der Waals surface area contributed by atoms with Crippen LogP contribution in [0.2, 0.25) is 0 Å². The second-order valence-electron chi connectivity index (χ2n) is 5.62. The fourth-order valence-electron chi connectivity index (χ4n) is 2.66. The summed E-state index contributed by atoms with van der Waals surface area (Å²) in [6.07, 6.45) is 1.61. The normalized spacial score (nSPS) is 11.3. The molecular weight excluding hydrogens is 356 g/mol. The molecule has 1 heterocycles. The number of aryl methyl sites for hydroxylation is 1. The average molecular weight is 370 g/mol. The highest BCUT2D eigenvalue weighted by Gasteiger charge is 2.25. The number of nitro groups is 1. The highest BCUT2D eigenvalue weighted by molar-refractivity contribution is 7.90. The second-order valence-corrected chi connectivity index (χ2v) is 7.44. The van der Waals surface area contributed by atoms with E-state index in [9.17, 15) is 23.3 Å². The van der Waals surface area contributed by atoms with Gasteiger partial charge in [-0.25, -0.2) is 12.4 Å². The lowest BCUT2D eigenvalue weighted by Gasteiger charge is -2.09. The first-order valence-corrected chi connectivity index (χ1v) is 9.03. The van der Waals surface area contributed by atoms with Gasteiger partial charge in [0, 0.05) is 17.8 Å². The van der Waals surface area contributed by atoms with E-state index in [0.717, 1.165) is 9.54 Å². The number of aromatic nitrogens is 1. The Kier molecular flexibility index (Phi) is 4.43. The van der Waals surface area contributed by atoms with Gasteiger partial charge in [-0.15, -0.1) is 0 Å². The van der Waals surface area contributed by atoms with Crippen LogP contribution in [-0.4, -0.2) is 23.6 Å². The van der Waals surface area contributed by atoms with Crippen LogP contribution in [0.4, 0.5) is 5.69 Å². The molecule has 0 spiro atoms. The van der Waals surface area contributed by atoms with Gasteiger partial charge in [-0.3, -0.25) is 14.9 Å². The minimum absolute atomic E-state index is 0.0240. The predicted octanol–water partition coefficient (Wildman–Crippen LogP) is 3.42. The fourth-order valence-corrected chi connectivity index (χ4v) is 3.99. The molecule has 0 bridgehead atoms. The lowest BCUT2D eigenvalue weighted by molar-refractivity contribution is -0.384. The van der Waals surface area contributed by atoms with E-state index in [1.54, 1.807) is 18.2 Å². The summed E-state index contributed by atoms with van der Waals surface area (Å²) in [7, 11) is -4.00. The number of rotatable bonds is 5. The molecule has 0 aliphatic rings. The first-order valence-electron chi connectivity index (χ1n) is 7.59. The van der Waals surface area contributed by atoms with E-state index in [1.165, 1.54) is 42.6 Å². The Balaban J connectivity index is 2.21. The van der Waals surface area contributed by atoms with Crippen molar-refractivity contribution in [1.82, 2.24) is 3.97 Å². The van der Waals surface area contributed by atoms with Crippen molar-refractivity contribution in [3.8, 4) is 11.1 Å². The van der Waals surface area contributed by atoms with Crippen molar-refractivity contribution >= 4 is 22.0 Å². The monoisotopic (exact) mass is 370 g/mol. The number of carbonyl (C=O) groups is 1. The van der Waals surface area contributed by atoms with Gasteiger partial charge >= 0.3 is 0 Å². The Morgan fingerprint density at radius 3 is 2.27 bits per heavy atom. The highest BCUT2D eigenvalue weighted by atomic mass is 32.2. The molecule has 0 saturated heterocycles. The Labute approximate surface area is 149 Å². The predicted molar refractivity (Wildman–Crippen MR) is 95.7 cm³/mol. The zero-order valence-corrected chi connectivity index (χ0v) is 14.5. The van der Waals surface area contributed by atoms with Crippen LogP contribution >= 0.6 is 0 Å². The molecule has 7 nitrogen and oxygen atoms in total. The standard InChI is InChI=1S/C18H14N2O5S/c1-13-6-8-14(9-7-13)26(24,25)19-11-10-16(18(19)12-21)15-4-2-3-5-17(15)20(22)23/h2-12H,1H3. The third-order valence-electron chi connectivity index (χ3n) is 3.97. The van der Waals surface area contributed by atoms with E-state index in [4.69, 9.17) is 0 Å². The first-order chi connectivity index (χ1) is 12.4. The quantitative estimate of drug-likeness (QED) is 0.389. The Bertz CT molecular complexity index is 1100. The number of nitrogens with zero attached hydrogens (tertiary/aromatic N) is 2. The topological polar surface area (TPSA) is 99.3 Å². The number of nitro benzene ring substituents is 1. The number of hydrogen-bond acceptors (Lipinski definition) is 5. The van der Waals surface area contributed by atoms with E-state index in [1.807, 2.05) is 6.92 Å². The molecule has 0 unspecified atom stereocenters. The lowest BCUT2D eigenvalue weighted by Crippen LogP contribution is -2.15. The summed E-state index contributed by atoms with van der Waals surface area (Å²) in [6, 6.07) is 13.5. The van der Waals surface area contributed by atoms with Crippen molar-refractivity contribution in [3.05, 3.63) is 82.2 Å². The zero-order chi connectivity index (χ0) is 18.9. The van der Waals surface area contributed by atoms with Crippen LogP contribution < -0.4 is 0 Å². The smallest absolute Gasteiger partial charge is 0.277 e. The molecule has 0 aliphatic heterocycles. The second kappa shape index (κ2) is 6.57. The minimum Gasteiger partial charge on any atom is -0.296 e. The number of carbonyl (C=O) groups excluding carboxylic acids is 1. The van der Waals surface area contributed by atoms with Crippen molar-refractivity contribution < 1.29 is 18.1 Å². The van der Waals surface area contributed by atoms with Gasteiger partial charge in [0.25, 0.3) is 15.7 Å². The summed E-state index contributed by atoms with van der Waals surface area (Å²) < 4.78 is 26.6. The maximum Gasteiger partial charge on any atom is 0.277 e. The molecule has 0 N–H and O–H groups in total. The fraction of sp³-hybridized carbons (Fsp3) is 0.0556. The van der Waals surface area contributed by atoms with Crippen molar-refractivity contribution in [2.45, 2.75) is 11.8 Å². The summed E-state index contributed by atoms with van der Waals surface area (Å²) in [4.78, 5) is 22.3. The number of hydrogen-bond donors (Lipinski definition) is 0. The van der Waals surface area contributed by atoms with Gasteiger partial charge in [0.15, 0.2) is 6.29 Å². The lowest BCUT2D eigenvalue weighted by atomic mass is 10.0. The third kappa shape index (κ3) is 2.91. The van der Waals surface area contributed by atoms with Crippen molar-refractivity contribution in [3.63, 3.8) is 0 Å². The molecule has 0 aliphatic carbocycles. The molecule has 3 rings (SSSR count). The largest absolute Gasteiger partial charge is 0.296 e. The van der Waals surface area contributed by atoms with E-state index in [0.29, 0.717) is 6.29 Å². The van der Waals surface area contributed by atoms with Crippen molar-refractivity contribution in [1.29, 1.82) is 0 Å². The minimum atomic E-state index is -4.00. The van der Waals surface area contributed by atoms with Crippen LogP contribution in [0, 0.1) is 17.0 Å². The number of benzene rings is 2. The van der Waals surface area contributed by atoms with Crippen LogP contribution in [0.5, 0.6) is 0 Å². The maximum atomic E-state index is 12.9. The molecular formula is C18H14N2O5S. The molecule has 2 aromatic carbocycles. The van der Waals surface area contributed by atoms with Crippen LogP contribution in [0.1, 0.15) is 16.1 Å². The molecule has 0 radical (unpaired) electrons. The van der Waals surface area contributed by atoms with Crippen LogP contribution in [0.3, 0.4) is 0 Å². The first kappa shape index (κ1) is 17.6. The summed E-state index contributed by atoms with van der Waals surface area (Å²) in [5.74, 6) is 0. The van der Waals surface area contributed by atoms with Crippen LogP contribution in [-0.2, 0) is 10.0 Å². The molecule has 0 amide bonds. The van der Waals surface area contributed by atoms with Gasteiger partial charge in [-0.2, -0.15) is 0 Å². The van der Waals surface area contributed by atoms with E-state index < -0.39 is 14.9 Å². The SMILES string of the molecule is Cc1ccc(S(=O)(=O)n2ccc(-c3ccccc3[N+](=O)[O-])c2C=O)cc1. The molecule has 8 heteroatoms. The van der Waals surface area contributed by atoms with E-state index in [-0.39, 0.29) is 27.4 Å². The van der Waals surface area contributed by atoms with Gasteiger partial charge in [-0.1, -0.05) is 29.8 Å². The Morgan fingerprint density at radius 2 is 1.65 bits per heavy atom. The van der Waals surface area contributed by atoms with Gasteiger partial charge in [0.1, 0.15) is 5.69 Å². The van der Waals surface area contributed by atoms with Crippen LogP contribution in [0.25, 0.3) is 11.1 Å². The van der Waals surface area contributed by atoms with Gasteiger partial charge in [-0.05, 0) is 31.2 Å². The molecule has 3 aromatic rings. The molecule has 0 atom stereocenters.